The molecule has 0 radical (unpaired) electrons. The number of para-hydroxylation sites is 1. The molecule has 20 heavy (non-hydrogen) atoms. The second-order valence-corrected chi connectivity index (χ2v) is 4.52. The zero-order chi connectivity index (χ0) is 13.5. The van der Waals surface area contributed by atoms with Crippen LogP contribution in [0.2, 0.25) is 0 Å². The second kappa shape index (κ2) is 4.03. The normalized spacial score (nSPS) is 11.2. The smallest absolute Gasteiger partial charge is 0.206 e. The van der Waals surface area contributed by atoms with Gasteiger partial charge < -0.3 is 5.73 Å². The molecule has 0 fully saturated rings. The van der Waals surface area contributed by atoms with Crippen LogP contribution in [-0.4, -0.2) is 19.5 Å². The van der Waals surface area contributed by atoms with Crippen LogP contribution in [-0.2, 0) is 0 Å². The maximum absolute atomic E-state index is 6.07. The summed E-state index contributed by atoms with van der Waals surface area (Å²) in [7, 11) is 0. The molecule has 0 atom stereocenters. The number of rotatable bonds is 1. The van der Waals surface area contributed by atoms with Gasteiger partial charge in [-0.25, -0.2) is 4.98 Å². The molecule has 0 saturated heterocycles. The largest absolute Gasteiger partial charge is 0.369 e. The van der Waals surface area contributed by atoms with E-state index in [1.807, 2.05) is 41.0 Å². The molecule has 0 bridgehead atoms. The van der Waals surface area contributed by atoms with Gasteiger partial charge in [-0.3, -0.25) is 14.5 Å². The van der Waals surface area contributed by atoms with Gasteiger partial charge in [0.05, 0.1) is 22.9 Å². The molecule has 5 nitrogen and oxygen atoms in total. The van der Waals surface area contributed by atoms with Gasteiger partial charge in [-0.2, -0.15) is 0 Å². The van der Waals surface area contributed by atoms with Crippen molar-refractivity contribution in [2.24, 2.45) is 0 Å². The zero-order valence-electron chi connectivity index (χ0n) is 10.6. The summed E-state index contributed by atoms with van der Waals surface area (Å²) in [5.41, 5.74) is 9.60. The van der Waals surface area contributed by atoms with Crippen LogP contribution in [0.25, 0.3) is 27.6 Å². The van der Waals surface area contributed by atoms with E-state index >= 15 is 0 Å². The number of hydrogen-bond acceptors (Lipinski definition) is 4. The minimum Gasteiger partial charge on any atom is -0.369 e. The van der Waals surface area contributed by atoms with Crippen molar-refractivity contribution in [3.8, 4) is 5.69 Å². The van der Waals surface area contributed by atoms with E-state index in [0.717, 1.165) is 27.6 Å². The minimum atomic E-state index is 0.436. The molecular weight excluding hydrogens is 250 g/mol. The van der Waals surface area contributed by atoms with Crippen molar-refractivity contribution in [2.75, 3.05) is 5.73 Å². The first-order valence-electron chi connectivity index (χ1n) is 6.26. The first kappa shape index (κ1) is 10.9. The van der Waals surface area contributed by atoms with E-state index in [1.54, 1.807) is 18.6 Å². The second-order valence-electron chi connectivity index (χ2n) is 4.52. The Morgan fingerprint density at radius 1 is 1.00 bits per heavy atom. The number of nitrogen functional groups attached to an aromatic ring is 1. The summed E-state index contributed by atoms with van der Waals surface area (Å²) >= 11 is 0. The average Bonchev–Trinajstić information content (AvgIpc) is 2.82. The highest BCUT2D eigenvalue weighted by atomic mass is 15.2. The number of anilines is 1. The van der Waals surface area contributed by atoms with Crippen molar-refractivity contribution >= 4 is 27.9 Å². The first-order valence-corrected chi connectivity index (χ1v) is 6.26. The summed E-state index contributed by atoms with van der Waals surface area (Å²) in [6.07, 6.45) is 5.22. The van der Waals surface area contributed by atoms with Crippen molar-refractivity contribution < 1.29 is 0 Å². The number of hydrogen-bond donors (Lipinski definition) is 1. The fourth-order valence-electron chi connectivity index (χ4n) is 2.47. The molecule has 3 heterocycles. The molecule has 0 spiro atoms. The maximum Gasteiger partial charge on any atom is 0.206 e. The Morgan fingerprint density at radius 2 is 1.90 bits per heavy atom. The van der Waals surface area contributed by atoms with Crippen LogP contribution in [0, 0.1) is 0 Å². The highest BCUT2D eigenvalue weighted by molar-refractivity contribution is 5.90. The Balaban J connectivity index is 2.14. The predicted molar refractivity (Wildman–Crippen MR) is 78.6 cm³/mol. The van der Waals surface area contributed by atoms with Crippen LogP contribution < -0.4 is 5.73 Å². The summed E-state index contributed by atoms with van der Waals surface area (Å²) in [6.45, 7) is 0. The van der Waals surface area contributed by atoms with Gasteiger partial charge >= 0.3 is 0 Å². The van der Waals surface area contributed by atoms with E-state index in [1.165, 1.54) is 0 Å². The van der Waals surface area contributed by atoms with Gasteiger partial charge in [0.1, 0.15) is 5.52 Å². The molecule has 2 N–H and O–H groups in total. The van der Waals surface area contributed by atoms with Crippen LogP contribution in [0.4, 0.5) is 5.95 Å². The lowest BCUT2D eigenvalue weighted by Crippen LogP contribution is -2.01. The minimum absolute atomic E-state index is 0.436. The van der Waals surface area contributed by atoms with Crippen LogP contribution in [0.3, 0.4) is 0 Å². The van der Waals surface area contributed by atoms with Crippen molar-refractivity contribution in [1.82, 2.24) is 19.5 Å². The third kappa shape index (κ3) is 1.46. The third-order valence-electron chi connectivity index (χ3n) is 3.34. The first-order chi connectivity index (χ1) is 9.84. The molecule has 0 aliphatic heterocycles. The van der Waals surface area contributed by atoms with Crippen molar-refractivity contribution in [2.45, 2.75) is 0 Å². The fraction of sp³-hybridized carbons (Fsp3) is 0. The monoisotopic (exact) mass is 261 g/mol. The molecular formula is C15H11N5. The summed E-state index contributed by atoms with van der Waals surface area (Å²) in [5, 5.41) is 1.07. The molecule has 4 aromatic rings. The van der Waals surface area contributed by atoms with Crippen molar-refractivity contribution in [3.05, 3.63) is 55.0 Å². The highest BCUT2D eigenvalue weighted by Crippen LogP contribution is 2.26. The van der Waals surface area contributed by atoms with Gasteiger partial charge in [0.15, 0.2) is 0 Å². The van der Waals surface area contributed by atoms with Gasteiger partial charge in [-0.05, 0) is 18.2 Å². The number of nitrogens with two attached hydrogens (primary N) is 1. The molecule has 0 aliphatic rings. The van der Waals surface area contributed by atoms with E-state index in [0.29, 0.717) is 5.95 Å². The quantitative estimate of drug-likeness (QED) is 0.571. The number of imidazole rings is 1. The predicted octanol–water partition coefficient (Wildman–Crippen LogP) is 2.55. The van der Waals surface area contributed by atoms with Crippen LogP contribution in [0.5, 0.6) is 0 Å². The van der Waals surface area contributed by atoms with E-state index in [4.69, 9.17) is 5.73 Å². The van der Waals surface area contributed by atoms with Gasteiger partial charge in [0.25, 0.3) is 0 Å². The van der Waals surface area contributed by atoms with Crippen LogP contribution >= 0.6 is 0 Å². The summed E-state index contributed by atoms with van der Waals surface area (Å²) in [5.74, 6) is 0.436. The fourth-order valence-corrected chi connectivity index (χ4v) is 2.47. The average molecular weight is 261 g/mol. The molecule has 1 aromatic carbocycles. The molecule has 0 amide bonds. The Bertz CT molecular complexity index is 921. The number of pyridine rings is 2. The zero-order valence-corrected chi connectivity index (χ0v) is 10.6. The number of aromatic nitrogens is 4. The van der Waals surface area contributed by atoms with Crippen LogP contribution in [0.1, 0.15) is 0 Å². The Morgan fingerprint density at radius 3 is 2.85 bits per heavy atom. The molecule has 96 valence electrons. The molecule has 0 unspecified atom stereocenters. The van der Waals surface area contributed by atoms with E-state index in [2.05, 4.69) is 15.0 Å². The number of benzene rings is 1. The third-order valence-corrected chi connectivity index (χ3v) is 3.34. The lowest BCUT2D eigenvalue weighted by molar-refractivity contribution is 1.11. The van der Waals surface area contributed by atoms with Gasteiger partial charge in [0.2, 0.25) is 5.95 Å². The lowest BCUT2D eigenvalue weighted by atomic mass is 10.2. The van der Waals surface area contributed by atoms with Gasteiger partial charge in [0, 0.05) is 17.8 Å². The molecule has 0 aliphatic carbocycles. The number of fused-ring (bicyclic) bond motifs is 2. The maximum atomic E-state index is 6.07. The Kier molecular flexibility index (Phi) is 2.20. The molecule has 4 rings (SSSR count). The standard InChI is InChI=1S/C15H11N5/c16-15-19-11-9-17-8-6-12(11)20(15)13-5-1-3-10-4-2-7-18-14(10)13/h1-9H,(H2,16,19). The van der Waals surface area contributed by atoms with E-state index in [9.17, 15) is 0 Å². The van der Waals surface area contributed by atoms with Crippen molar-refractivity contribution in [1.29, 1.82) is 0 Å². The van der Waals surface area contributed by atoms with Crippen molar-refractivity contribution in [3.63, 3.8) is 0 Å². The molecule has 0 saturated carbocycles. The molecule has 5 heteroatoms. The summed E-state index contributed by atoms with van der Waals surface area (Å²) in [4.78, 5) is 12.9. The number of nitrogens with zero attached hydrogens (tertiary/aromatic N) is 4. The van der Waals surface area contributed by atoms with E-state index in [-0.39, 0.29) is 0 Å². The Hall–Kier alpha value is -2.95. The van der Waals surface area contributed by atoms with E-state index < -0.39 is 0 Å². The van der Waals surface area contributed by atoms with Gasteiger partial charge in [-0.1, -0.05) is 18.2 Å². The molecule has 3 aromatic heterocycles. The van der Waals surface area contributed by atoms with Gasteiger partial charge in [-0.15, -0.1) is 0 Å². The lowest BCUT2D eigenvalue weighted by Gasteiger charge is -2.09. The highest BCUT2D eigenvalue weighted by Gasteiger charge is 2.12. The SMILES string of the molecule is Nc1nc2cnccc2n1-c1cccc2cccnc12. The summed E-state index contributed by atoms with van der Waals surface area (Å²) < 4.78 is 1.91. The van der Waals surface area contributed by atoms with Crippen LogP contribution in [0.15, 0.2) is 55.0 Å². The Labute approximate surface area is 114 Å². The topological polar surface area (TPSA) is 69.6 Å². The summed E-state index contributed by atoms with van der Waals surface area (Å²) in [6, 6.07) is 11.9.